The van der Waals surface area contributed by atoms with Crippen LogP contribution in [0.5, 0.6) is 0 Å². The molecule has 0 aromatic heterocycles. The van der Waals surface area contributed by atoms with Crippen LogP contribution in [0.15, 0.2) is 60.8 Å². The largest absolute Gasteiger partial charge is 0.477 e. The molecule has 0 aliphatic carbocycles. The third kappa shape index (κ3) is 76.2. The normalized spacial score (nSPS) is 12.9. The number of carboxylic acid groups (broad SMARTS) is 1. The average Bonchev–Trinajstić information content (AvgIpc) is 3.74. The lowest BCUT2D eigenvalue weighted by molar-refractivity contribution is -0.870. The first-order valence-corrected chi connectivity index (χ1v) is 40.5. The van der Waals surface area contributed by atoms with E-state index >= 15 is 0 Å². The number of esters is 2. The molecular formula is C84H156NO8+. The Balaban J connectivity index is 3.97. The van der Waals surface area contributed by atoms with Crippen molar-refractivity contribution in [2.45, 2.75) is 411 Å². The van der Waals surface area contributed by atoms with Gasteiger partial charge in [0.25, 0.3) is 6.29 Å². The summed E-state index contributed by atoms with van der Waals surface area (Å²) >= 11 is 0. The molecule has 0 aliphatic rings. The number of ether oxygens (including phenoxy) is 4. The van der Waals surface area contributed by atoms with E-state index in [9.17, 15) is 19.5 Å². The molecule has 0 heterocycles. The second-order valence-electron chi connectivity index (χ2n) is 28.7. The van der Waals surface area contributed by atoms with Gasteiger partial charge in [0.05, 0.1) is 34.4 Å². The van der Waals surface area contributed by atoms with Crippen molar-refractivity contribution in [2.24, 2.45) is 0 Å². The Hall–Kier alpha value is -3.01. The van der Waals surface area contributed by atoms with Crippen LogP contribution in [-0.4, -0.2) is 87.4 Å². The van der Waals surface area contributed by atoms with Gasteiger partial charge in [0.1, 0.15) is 13.2 Å². The molecule has 0 bridgehead atoms. The molecule has 93 heavy (non-hydrogen) atoms. The van der Waals surface area contributed by atoms with Crippen molar-refractivity contribution < 1.29 is 42.9 Å². The molecule has 0 fully saturated rings. The molecule has 2 unspecified atom stereocenters. The Labute approximate surface area is 577 Å². The minimum Gasteiger partial charge on any atom is -0.477 e. The second-order valence-corrected chi connectivity index (χ2v) is 28.7. The number of rotatable bonds is 76. The number of allylic oxidation sites excluding steroid dienone is 10. The van der Waals surface area contributed by atoms with Crippen LogP contribution in [0.2, 0.25) is 0 Å². The van der Waals surface area contributed by atoms with Gasteiger partial charge in [-0.2, -0.15) is 0 Å². The summed E-state index contributed by atoms with van der Waals surface area (Å²) in [6.45, 7) is 4.84. The van der Waals surface area contributed by atoms with Crippen LogP contribution < -0.4 is 0 Å². The van der Waals surface area contributed by atoms with Gasteiger partial charge in [0.2, 0.25) is 0 Å². The van der Waals surface area contributed by atoms with E-state index in [2.05, 4.69) is 74.6 Å². The van der Waals surface area contributed by atoms with Crippen molar-refractivity contribution in [1.29, 1.82) is 0 Å². The number of quaternary nitrogens is 1. The lowest BCUT2D eigenvalue weighted by Crippen LogP contribution is -2.40. The zero-order valence-electron chi connectivity index (χ0n) is 62.4. The Kier molecular flexibility index (Phi) is 72.4. The van der Waals surface area contributed by atoms with Crippen molar-refractivity contribution in [1.82, 2.24) is 0 Å². The van der Waals surface area contributed by atoms with E-state index in [0.717, 1.165) is 64.2 Å². The number of carboxylic acids is 1. The first kappa shape index (κ1) is 90.0. The van der Waals surface area contributed by atoms with Crippen LogP contribution in [0.1, 0.15) is 399 Å². The summed E-state index contributed by atoms with van der Waals surface area (Å²) in [6.07, 6.45) is 96.7. The number of carbonyl (C=O) groups is 3. The third-order valence-corrected chi connectivity index (χ3v) is 18.3. The quantitative estimate of drug-likeness (QED) is 0.0211. The molecule has 0 spiro atoms. The highest BCUT2D eigenvalue weighted by Crippen LogP contribution is 2.20. The van der Waals surface area contributed by atoms with E-state index in [1.165, 1.54) is 308 Å². The molecule has 0 saturated heterocycles. The van der Waals surface area contributed by atoms with Gasteiger partial charge in [0, 0.05) is 12.8 Å². The van der Waals surface area contributed by atoms with Crippen molar-refractivity contribution in [3.63, 3.8) is 0 Å². The van der Waals surface area contributed by atoms with Crippen molar-refractivity contribution in [3.8, 4) is 0 Å². The summed E-state index contributed by atoms with van der Waals surface area (Å²) in [5.41, 5.74) is 0. The van der Waals surface area contributed by atoms with Crippen LogP contribution in [0.25, 0.3) is 0 Å². The van der Waals surface area contributed by atoms with Gasteiger partial charge >= 0.3 is 17.9 Å². The summed E-state index contributed by atoms with van der Waals surface area (Å²) < 4.78 is 23.1. The maximum Gasteiger partial charge on any atom is 0.361 e. The van der Waals surface area contributed by atoms with Crippen LogP contribution in [0.4, 0.5) is 0 Å². The van der Waals surface area contributed by atoms with Gasteiger partial charge in [-0.15, -0.1) is 0 Å². The lowest BCUT2D eigenvalue weighted by Gasteiger charge is -2.25. The summed E-state index contributed by atoms with van der Waals surface area (Å²) in [5.74, 6) is -1.97. The van der Waals surface area contributed by atoms with Gasteiger partial charge in [-0.1, -0.05) is 370 Å². The Bertz CT molecular complexity index is 1710. The predicted octanol–water partition coefficient (Wildman–Crippen LogP) is 25.8. The molecule has 2 atom stereocenters. The molecule has 544 valence electrons. The monoisotopic (exact) mass is 1310 g/mol. The van der Waals surface area contributed by atoms with Crippen molar-refractivity contribution in [3.05, 3.63) is 60.8 Å². The number of unbranched alkanes of at least 4 members (excludes halogenated alkanes) is 51. The first-order chi connectivity index (χ1) is 45.6. The smallest absolute Gasteiger partial charge is 0.361 e. The van der Waals surface area contributed by atoms with Crippen LogP contribution in [-0.2, 0) is 33.3 Å². The van der Waals surface area contributed by atoms with E-state index in [1.54, 1.807) is 0 Å². The second kappa shape index (κ2) is 74.8. The zero-order chi connectivity index (χ0) is 67.5. The van der Waals surface area contributed by atoms with Crippen LogP contribution >= 0.6 is 0 Å². The number of hydrogen-bond donors (Lipinski definition) is 1. The average molecular weight is 1310 g/mol. The minimum atomic E-state index is -1.51. The molecule has 0 rings (SSSR count). The maximum absolute atomic E-state index is 13.0. The molecular weight excluding hydrogens is 1150 g/mol. The Morgan fingerprint density at radius 1 is 0.333 bits per heavy atom. The molecule has 1 N–H and O–H groups in total. The predicted molar refractivity (Wildman–Crippen MR) is 401 cm³/mol. The first-order valence-electron chi connectivity index (χ1n) is 40.5. The number of nitrogens with zero attached hydrogens (tertiary/aromatic N) is 1. The summed E-state index contributed by atoms with van der Waals surface area (Å²) in [5, 5.41) is 9.78. The highest BCUT2D eigenvalue weighted by atomic mass is 16.7. The van der Waals surface area contributed by atoms with Crippen molar-refractivity contribution in [2.75, 3.05) is 47.5 Å². The number of hydrogen-bond acceptors (Lipinski definition) is 7. The Morgan fingerprint density at radius 3 is 0.925 bits per heavy atom. The molecule has 0 radical (unpaired) electrons. The number of carbonyl (C=O) groups excluding carboxylic acids is 2. The number of aliphatic carboxylic acids is 1. The van der Waals surface area contributed by atoms with Gasteiger partial charge in [0.15, 0.2) is 6.10 Å². The van der Waals surface area contributed by atoms with E-state index in [0.29, 0.717) is 17.4 Å². The van der Waals surface area contributed by atoms with Gasteiger partial charge in [-0.3, -0.25) is 9.59 Å². The topological polar surface area (TPSA) is 108 Å². The summed E-state index contributed by atoms with van der Waals surface area (Å²) in [4.78, 5) is 37.7. The molecule has 0 aromatic rings. The van der Waals surface area contributed by atoms with Crippen LogP contribution in [0.3, 0.4) is 0 Å². The fraction of sp³-hybridized carbons (Fsp3) is 0.845. The minimum absolute atomic E-state index is 0.177. The maximum atomic E-state index is 13.0. The third-order valence-electron chi connectivity index (χ3n) is 18.3. The fourth-order valence-corrected chi connectivity index (χ4v) is 12.1. The van der Waals surface area contributed by atoms with Crippen LogP contribution in [0, 0.1) is 0 Å². The molecule has 9 nitrogen and oxygen atoms in total. The van der Waals surface area contributed by atoms with E-state index in [1.807, 2.05) is 21.1 Å². The molecule has 0 saturated carbocycles. The highest BCUT2D eigenvalue weighted by Gasteiger charge is 2.25. The molecule has 0 aromatic carbocycles. The summed E-state index contributed by atoms with van der Waals surface area (Å²) in [6, 6.07) is 0. The molecule has 9 heteroatoms. The summed E-state index contributed by atoms with van der Waals surface area (Å²) in [7, 11) is 6.00. The highest BCUT2D eigenvalue weighted by molar-refractivity contribution is 5.71. The fourth-order valence-electron chi connectivity index (χ4n) is 12.1. The SMILES string of the molecule is CC/C=C\C/C=C\C/C=C\C/C=C\CCCCCCCCCCCCCCCCCCCCCCC(=O)OC(COC(=O)CCCCCCCCCCCCCCCCCCCCCCCCC/C=C\CCCCCCCCCC)COC(OCC[N+](C)(C)C)C(=O)O. The van der Waals surface area contributed by atoms with Gasteiger partial charge < -0.3 is 28.5 Å². The lowest BCUT2D eigenvalue weighted by atomic mass is 10.0. The van der Waals surface area contributed by atoms with Gasteiger partial charge in [-0.05, 0) is 77.0 Å². The van der Waals surface area contributed by atoms with Gasteiger partial charge in [-0.25, -0.2) is 4.79 Å². The van der Waals surface area contributed by atoms with E-state index < -0.39 is 18.4 Å². The zero-order valence-corrected chi connectivity index (χ0v) is 62.4. The van der Waals surface area contributed by atoms with E-state index in [4.69, 9.17) is 18.9 Å². The van der Waals surface area contributed by atoms with Crippen molar-refractivity contribution >= 4 is 17.9 Å². The standard InChI is InChI=1S/C84H155NO8/c1-6-8-10-12-14-16-18-20-22-24-26-28-30-32-34-36-38-40-41-43-44-46-48-50-52-54-56-58-60-62-64-66-68-70-72-74-81(86)91-78-80(79-92-84(83(88)89)90-77-76-85(3,4)5)93-82(87)75-73-71-69-67-65-63-61-59-57-55-53-51-49-47-45-42-39-37-35-33-31-29-27-25-23-21-19-17-15-13-11-9-7-2/h9,11,15,17,21,23-24,26-27,29,80,84H,6-8,10,12-14,16,18-20,22,25,28,30-79H2,1-5H3/p+1/b11-9-,17-15-,23-21-,26-24-,29-27-. The Morgan fingerprint density at radius 2 is 0.613 bits per heavy atom. The van der Waals surface area contributed by atoms with E-state index in [-0.39, 0.29) is 38.2 Å². The molecule has 0 amide bonds. The molecule has 0 aliphatic heterocycles. The number of likely N-dealkylation sites (N-methyl/N-ethyl adjacent to an activating group) is 1.